The number of amides is 1. The van der Waals surface area contributed by atoms with E-state index < -0.39 is 16.0 Å². The Morgan fingerprint density at radius 1 is 1.29 bits per heavy atom. The summed E-state index contributed by atoms with van der Waals surface area (Å²) in [4.78, 5) is 27.7. The first kappa shape index (κ1) is 23.3. The number of rotatable bonds is 6. The van der Waals surface area contributed by atoms with Gasteiger partial charge in [0, 0.05) is 17.3 Å². The van der Waals surface area contributed by atoms with E-state index in [4.69, 9.17) is 4.74 Å². The molecule has 0 saturated heterocycles. The highest BCUT2D eigenvalue weighted by Crippen LogP contribution is 2.38. The number of fused-ring (bicyclic) bond motifs is 1. The largest absolute Gasteiger partial charge is 0.465 e. The van der Waals surface area contributed by atoms with Crippen LogP contribution in [-0.2, 0) is 32.5 Å². The number of carbonyl (C=O) groups excluding carboxylic acids is 2. The third kappa shape index (κ3) is 4.48. The lowest BCUT2D eigenvalue weighted by molar-refractivity contribution is -0.135. The fraction of sp³-hybridized carbons (Fsp3) is 0.455. The van der Waals surface area contributed by atoms with Gasteiger partial charge in [0.1, 0.15) is 0 Å². The molecule has 2 heterocycles. The lowest BCUT2D eigenvalue weighted by Gasteiger charge is -2.29. The molecule has 1 aliphatic rings. The maximum Gasteiger partial charge on any atom is 0.340 e. The van der Waals surface area contributed by atoms with Crippen molar-refractivity contribution in [2.75, 3.05) is 18.4 Å². The van der Waals surface area contributed by atoms with Gasteiger partial charge in [-0.15, -0.1) is 11.3 Å². The Hall–Kier alpha value is -2.39. The molecule has 0 spiro atoms. The van der Waals surface area contributed by atoms with Crippen LogP contribution in [0.15, 0.2) is 22.4 Å². The number of sulfonamides is 1. The highest BCUT2D eigenvalue weighted by atomic mass is 32.2. The van der Waals surface area contributed by atoms with Crippen molar-refractivity contribution in [1.82, 2.24) is 4.90 Å². The molecule has 7 nitrogen and oxygen atoms in total. The minimum atomic E-state index is -4.03. The first-order valence-electron chi connectivity index (χ1n) is 10.2. The molecule has 31 heavy (non-hydrogen) atoms. The summed E-state index contributed by atoms with van der Waals surface area (Å²) in [6.07, 6.45) is 1.15. The molecule has 0 unspecified atom stereocenters. The van der Waals surface area contributed by atoms with Gasteiger partial charge in [-0.25, -0.2) is 13.2 Å². The fourth-order valence-corrected chi connectivity index (χ4v) is 6.63. The molecule has 2 aromatic rings. The van der Waals surface area contributed by atoms with Crippen LogP contribution in [0.5, 0.6) is 0 Å². The Kier molecular flexibility index (Phi) is 6.76. The third-order valence-electron chi connectivity index (χ3n) is 5.85. The molecule has 0 saturated carbocycles. The lowest BCUT2D eigenvalue weighted by Crippen LogP contribution is -2.38. The Morgan fingerprint density at radius 3 is 2.65 bits per heavy atom. The summed E-state index contributed by atoms with van der Waals surface area (Å²) in [6, 6.07) is 5.37. The number of thiophene rings is 1. The summed E-state index contributed by atoms with van der Waals surface area (Å²) in [5.74, 6) is -0.740. The highest BCUT2D eigenvalue weighted by Gasteiger charge is 2.35. The number of hydrogen-bond acceptors (Lipinski definition) is 6. The summed E-state index contributed by atoms with van der Waals surface area (Å²) in [6.45, 7) is 8.33. The number of aryl methyl sites for hydroxylation is 1. The van der Waals surface area contributed by atoms with Gasteiger partial charge in [0.15, 0.2) is 4.21 Å². The van der Waals surface area contributed by atoms with Crippen molar-refractivity contribution in [3.63, 3.8) is 0 Å². The van der Waals surface area contributed by atoms with Crippen molar-refractivity contribution >= 4 is 38.9 Å². The summed E-state index contributed by atoms with van der Waals surface area (Å²) in [7, 11) is -2.79. The monoisotopic (exact) mass is 464 g/mol. The topological polar surface area (TPSA) is 92.8 Å². The van der Waals surface area contributed by atoms with E-state index in [9.17, 15) is 18.0 Å². The van der Waals surface area contributed by atoms with Crippen molar-refractivity contribution in [2.24, 2.45) is 5.92 Å². The van der Waals surface area contributed by atoms with Crippen LogP contribution in [0.25, 0.3) is 0 Å². The zero-order valence-corrected chi connectivity index (χ0v) is 20.1. The average molecular weight is 465 g/mol. The van der Waals surface area contributed by atoms with Crippen molar-refractivity contribution in [2.45, 2.75) is 51.3 Å². The van der Waals surface area contributed by atoms with Crippen molar-refractivity contribution in [1.29, 1.82) is 0 Å². The second kappa shape index (κ2) is 9.00. The number of nitrogens with zero attached hydrogens (tertiary/aromatic N) is 1. The van der Waals surface area contributed by atoms with Gasteiger partial charge in [-0.1, -0.05) is 26.0 Å². The maximum absolute atomic E-state index is 13.3. The molecule has 1 aromatic carbocycles. The molecule has 0 fully saturated rings. The second-order valence-corrected chi connectivity index (χ2v) is 10.8. The molecule has 1 aliphatic heterocycles. The molecule has 1 amide bonds. The molecule has 0 radical (unpaired) electrons. The van der Waals surface area contributed by atoms with Gasteiger partial charge in [-0.3, -0.25) is 9.52 Å². The Bertz CT molecular complexity index is 1120. The molecule has 0 bridgehead atoms. The number of anilines is 1. The summed E-state index contributed by atoms with van der Waals surface area (Å²) in [5, 5.41) is 0. The standard InChI is InChI=1S/C22H28N2O5S2/c1-6-13(2)20(25)24-11-10-16-18(12-24)30-22(19(16)21(26)29-5)31(27,28)23-17-9-7-8-14(3)15(17)4/h7-9,13,23H,6,10-12H2,1-5H3/t13-/m0/s1. The quantitative estimate of drug-likeness (QED) is 0.655. The average Bonchev–Trinajstić information content (AvgIpc) is 3.15. The predicted molar refractivity (Wildman–Crippen MR) is 121 cm³/mol. The van der Waals surface area contributed by atoms with Crippen LogP contribution in [0.1, 0.15) is 52.2 Å². The molecule has 1 N–H and O–H groups in total. The van der Waals surface area contributed by atoms with E-state index in [0.717, 1.165) is 28.9 Å². The predicted octanol–water partition coefficient (Wildman–Crippen LogP) is 3.88. The minimum absolute atomic E-state index is 0.0408. The van der Waals surface area contributed by atoms with Gasteiger partial charge in [0.2, 0.25) is 5.91 Å². The lowest BCUT2D eigenvalue weighted by atomic mass is 10.0. The van der Waals surface area contributed by atoms with Gasteiger partial charge in [-0.05, 0) is 49.4 Å². The first-order valence-corrected chi connectivity index (χ1v) is 12.5. The van der Waals surface area contributed by atoms with Crippen molar-refractivity contribution in [3.8, 4) is 0 Å². The summed E-state index contributed by atoms with van der Waals surface area (Å²) < 4.78 is 34.1. The number of carbonyl (C=O) groups is 2. The van der Waals surface area contributed by atoms with Crippen LogP contribution < -0.4 is 4.72 Å². The minimum Gasteiger partial charge on any atom is -0.465 e. The van der Waals surface area contributed by atoms with Crippen LogP contribution >= 0.6 is 11.3 Å². The van der Waals surface area contributed by atoms with E-state index in [-0.39, 0.29) is 21.6 Å². The van der Waals surface area contributed by atoms with E-state index in [1.807, 2.05) is 33.8 Å². The molecule has 0 aliphatic carbocycles. The van der Waals surface area contributed by atoms with Crippen LogP contribution in [0.2, 0.25) is 0 Å². The fourth-order valence-electron chi connectivity index (χ4n) is 3.60. The summed E-state index contributed by atoms with van der Waals surface area (Å²) >= 11 is 1.04. The van der Waals surface area contributed by atoms with E-state index in [1.54, 1.807) is 17.0 Å². The van der Waals surface area contributed by atoms with Crippen molar-refractivity contribution < 1.29 is 22.7 Å². The van der Waals surface area contributed by atoms with Gasteiger partial charge < -0.3 is 9.64 Å². The van der Waals surface area contributed by atoms with Crippen LogP contribution in [-0.4, -0.2) is 38.8 Å². The Morgan fingerprint density at radius 2 is 2.00 bits per heavy atom. The van der Waals surface area contributed by atoms with E-state index in [1.165, 1.54) is 7.11 Å². The van der Waals surface area contributed by atoms with Crippen LogP contribution in [0.3, 0.4) is 0 Å². The van der Waals surface area contributed by atoms with E-state index in [0.29, 0.717) is 35.6 Å². The Labute approximate surface area is 187 Å². The highest BCUT2D eigenvalue weighted by molar-refractivity contribution is 7.94. The molecule has 1 aromatic heterocycles. The third-order valence-corrected chi connectivity index (χ3v) is 8.95. The molecular formula is C22H28N2O5S2. The smallest absolute Gasteiger partial charge is 0.340 e. The maximum atomic E-state index is 13.3. The van der Waals surface area contributed by atoms with Crippen LogP contribution in [0, 0.1) is 19.8 Å². The van der Waals surface area contributed by atoms with Gasteiger partial charge in [0.25, 0.3) is 10.0 Å². The molecule has 168 valence electrons. The van der Waals surface area contributed by atoms with Gasteiger partial charge in [-0.2, -0.15) is 0 Å². The summed E-state index contributed by atoms with van der Waals surface area (Å²) in [5.41, 5.74) is 2.98. The van der Waals surface area contributed by atoms with E-state index >= 15 is 0 Å². The van der Waals surface area contributed by atoms with Gasteiger partial charge >= 0.3 is 5.97 Å². The SMILES string of the molecule is CC[C@H](C)C(=O)N1CCc2c(sc(S(=O)(=O)Nc3cccc(C)c3C)c2C(=O)OC)C1. The number of ether oxygens (including phenoxy) is 1. The zero-order chi connectivity index (χ0) is 22.9. The molecule has 9 heteroatoms. The molecular weight excluding hydrogens is 436 g/mol. The van der Waals surface area contributed by atoms with E-state index in [2.05, 4.69) is 4.72 Å². The number of methoxy groups -OCH3 is 1. The number of hydrogen-bond donors (Lipinski definition) is 1. The first-order chi connectivity index (χ1) is 14.6. The Balaban J connectivity index is 2.03. The van der Waals surface area contributed by atoms with Crippen LogP contribution in [0.4, 0.5) is 5.69 Å². The number of benzene rings is 1. The molecule has 1 atom stereocenters. The number of esters is 1. The second-order valence-electron chi connectivity index (χ2n) is 7.83. The van der Waals surface area contributed by atoms with Crippen molar-refractivity contribution in [3.05, 3.63) is 45.3 Å². The molecule has 3 rings (SSSR count). The number of nitrogens with one attached hydrogen (secondary N) is 1. The van der Waals surface area contributed by atoms with Gasteiger partial charge in [0.05, 0.1) is 24.9 Å². The normalized spacial score (nSPS) is 14.7. The zero-order valence-electron chi connectivity index (χ0n) is 18.4.